The summed E-state index contributed by atoms with van der Waals surface area (Å²) in [4.78, 5) is 12.8. The second-order valence-corrected chi connectivity index (χ2v) is 10.6. The molecular formula is C30H38O15. The highest BCUT2D eigenvalue weighted by Gasteiger charge is 2.52. The largest absolute Gasteiger partial charge is 0.504 e. The van der Waals surface area contributed by atoms with E-state index in [1.165, 1.54) is 44.4 Å². The zero-order valence-electron chi connectivity index (χ0n) is 24.4. The summed E-state index contributed by atoms with van der Waals surface area (Å²) in [6.07, 6.45) is -12.4. The van der Waals surface area contributed by atoms with Gasteiger partial charge in [0.1, 0.15) is 36.6 Å². The second-order valence-electron chi connectivity index (χ2n) is 10.6. The first kappa shape index (κ1) is 34.4. The van der Waals surface area contributed by atoms with E-state index in [4.69, 9.17) is 28.4 Å². The molecule has 45 heavy (non-hydrogen) atoms. The van der Waals surface area contributed by atoms with Gasteiger partial charge < -0.3 is 69.3 Å². The molecule has 2 aromatic rings. The smallest absolute Gasteiger partial charge is 0.331 e. The number of carbonyl (C=O) groups is 1. The number of benzene rings is 2. The van der Waals surface area contributed by atoms with E-state index >= 15 is 0 Å². The Morgan fingerprint density at radius 1 is 0.867 bits per heavy atom. The maximum absolute atomic E-state index is 12.8. The normalized spacial score (nSPS) is 32.0. The monoisotopic (exact) mass is 638 g/mol. The predicted octanol–water partition coefficient (Wildman–Crippen LogP) is -0.713. The summed E-state index contributed by atoms with van der Waals surface area (Å²) in [6, 6.07) is 8.60. The van der Waals surface area contributed by atoms with Crippen LogP contribution in [-0.4, -0.2) is 129 Å². The number of rotatable bonds is 11. The van der Waals surface area contributed by atoms with E-state index in [0.29, 0.717) is 11.1 Å². The van der Waals surface area contributed by atoms with Gasteiger partial charge >= 0.3 is 5.97 Å². The topological polar surface area (TPSA) is 234 Å². The quantitative estimate of drug-likeness (QED) is 0.0862. The van der Waals surface area contributed by atoms with Crippen molar-refractivity contribution >= 4 is 12.0 Å². The third-order valence-electron chi connectivity index (χ3n) is 7.47. The van der Waals surface area contributed by atoms with Gasteiger partial charge in [0, 0.05) is 6.08 Å². The minimum absolute atomic E-state index is 0.0322. The van der Waals surface area contributed by atoms with Crippen LogP contribution in [0, 0.1) is 0 Å². The van der Waals surface area contributed by atoms with Crippen LogP contribution in [0.5, 0.6) is 23.0 Å². The fourth-order valence-electron chi connectivity index (χ4n) is 4.92. The molecule has 0 radical (unpaired) electrons. The molecule has 2 fully saturated rings. The molecule has 0 unspecified atom stereocenters. The number of phenols is 3. The number of methoxy groups -OCH3 is 1. The molecule has 0 aromatic heterocycles. The zero-order valence-corrected chi connectivity index (χ0v) is 24.4. The zero-order chi connectivity index (χ0) is 32.8. The van der Waals surface area contributed by atoms with Crippen molar-refractivity contribution in [2.45, 2.75) is 74.8 Å². The van der Waals surface area contributed by atoms with Crippen molar-refractivity contribution in [1.29, 1.82) is 0 Å². The lowest BCUT2D eigenvalue weighted by atomic mass is 9.97. The number of hydrogen-bond acceptors (Lipinski definition) is 15. The van der Waals surface area contributed by atoms with Crippen molar-refractivity contribution < 1.29 is 74.1 Å². The van der Waals surface area contributed by atoms with Crippen molar-refractivity contribution in [3.63, 3.8) is 0 Å². The molecule has 2 aromatic carbocycles. The molecule has 15 heteroatoms. The summed E-state index contributed by atoms with van der Waals surface area (Å²) in [5, 5.41) is 81.5. The lowest BCUT2D eigenvalue weighted by molar-refractivity contribution is -0.357. The van der Waals surface area contributed by atoms with Gasteiger partial charge in [-0.1, -0.05) is 12.1 Å². The van der Waals surface area contributed by atoms with E-state index in [2.05, 4.69) is 0 Å². The summed E-state index contributed by atoms with van der Waals surface area (Å²) in [7, 11) is 1.42. The Morgan fingerprint density at radius 2 is 1.62 bits per heavy atom. The van der Waals surface area contributed by atoms with Crippen LogP contribution in [-0.2, 0) is 34.9 Å². The van der Waals surface area contributed by atoms with Crippen LogP contribution in [0.1, 0.15) is 18.1 Å². The Bertz CT molecular complexity index is 1320. The number of carbonyl (C=O) groups excluding carboxylic acids is 1. The first-order valence-corrected chi connectivity index (χ1v) is 14.1. The van der Waals surface area contributed by atoms with Crippen LogP contribution in [0.25, 0.3) is 6.08 Å². The molecule has 0 saturated carbocycles. The molecule has 2 heterocycles. The highest BCUT2D eigenvalue weighted by Crippen LogP contribution is 2.32. The van der Waals surface area contributed by atoms with E-state index in [0.717, 1.165) is 6.08 Å². The lowest BCUT2D eigenvalue weighted by Gasteiger charge is -2.46. The minimum atomic E-state index is -1.76. The van der Waals surface area contributed by atoms with Crippen LogP contribution < -0.4 is 4.74 Å². The van der Waals surface area contributed by atoms with E-state index in [-0.39, 0.29) is 30.3 Å². The number of ether oxygens (including phenoxy) is 6. The van der Waals surface area contributed by atoms with Crippen molar-refractivity contribution in [3.05, 3.63) is 53.6 Å². The van der Waals surface area contributed by atoms with Gasteiger partial charge in [0.05, 0.1) is 26.4 Å². The molecule has 248 valence electrons. The van der Waals surface area contributed by atoms with Gasteiger partial charge in [0.25, 0.3) is 0 Å². The SMILES string of the molecule is COc1ccc(CCO[C@@H]2O[C@@H](CO)[C@@H](OC(=O)C=Cc3ccc(O)c(O)c3)[C@@H](O[C@H]3O[C@H](C)[C@H](O)[C@@H](O)[C@H]3O)[C@@H]2O)cc1O. The molecule has 0 bridgehead atoms. The Kier molecular flexibility index (Phi) is 11.6. The Labute approximate surface area is 258 Å². The van der Waals surface area contributed by atoms with Gasteiger partial charge in [-0.3, -0.25) is 0 Å². The molecule has 10 atom stereocenters. The number of aliphatic hydroxyl groups excluding tert-OH is 5. The lowest BCUT2D eigenvalue weighted by Crippen LogP contribution is -2.65. The molecule has 0 aliphatic carbocycles. The number of phenolic OH excluding ortho intramolecular Hbond substituents is 3. The Balaban J connectivity index is 1.52. The van der Waals surface area contributed by atoms with Gasteiger partial charge in [-0.05, 0) is 54.8 Å². The van der Waals surface area contributed by atoms with Crippen LogP contribution in [0.4, 0.5) is 0 Å². The van der Waals surface area contributed by atoms with Gasteiger partial charge in [-0.15, -0.1) is 0 Å². The Hall–Kier alpha value is -3.51. The average Bonchev–Trinajstić information content (AvgIpc) is 3.02. The molecule has 0 amide bonds. The van der Waals surface area contributed by atoms with E-state index < -0.39 is 79.7 Å². The number of hydrogen-bond donors (Lipinski definition) is 8. The fraction of sp³-hybridized carbons (Fsp3) is 0.500. The maximum Gasteiger partial charge on any atom is 0.331 e. The number of aromatic hydroxyl groups is 3. The van der Waals surface area contributed by atoms with Gasteiger partial charge in [-0.2, -0.15) is 0 Å². The number of aliphatic hydroxyl groups is 5. The van der Waals surface area contributed by atoms with Crippen LogP contribution in [0.3, 0.4) is 0 Å². The predicted molar refractivity (Wildman–Crippen MR) is 152 cm³/mol. The minimum Gasteiger partial charge on any atom is -0.504 e. The molecule has 2 aliphatic heterocycles. The highest BCUT2D eigenvalue weighted by atomic mass is 16.7. The van der Waals surface area contributed by atoms with Crippen molar-refractivity contribution in [2.75, 3.05) is 20.3 Å². The van der Waals surface area contributed by atoms with Gasteiger partial charge in [0.2, 0.25) is 0 Å². The third-order valence-corrected chi connectivity index (χ3v) is 7.47. The maximum atomic E-state index is 12.8. The van der Waals surface area contributed by atoms with Crippen molar-refractivity contribution in [3.8, 4) is 23.0 Å². The first-order chi connectivity index (χ1) is 21.4. The van der Waals surface area contributed by atoms with Gasteiger partial charge in [0.15, 0.2) is 41.7 Å². The van der Waals surface area contributed by atoms with Crippen LogP contribution >= 0.6 is 0 Å². The van der Waals surface area contributed by atoms with Crippen molar-refractivity contribution in [2.24, 2.45) is 0 Å². The fourth-order valence-corrected chi connectivity index (χ4v) is 4.92. The number of esters is 1. The average molecular weight is 639 g/mol. The summed E-state index contributed by atoms with van der Waals surface area (Å²) in [5.41, 5.74) is 1.01. The van der Waals surface area contributed by atoms with E-state index in [1.54, 1.807) is 12.1 Å². The molecule has 2 saturated heterocycles. The summed E-state index contributed by atoms with van der Waals surface area (Å²) < 4.78 is 33.4. The van der Waals surface area contributed by atoms with E-state index in [1.807, 2.05) is 0 Å². The molecule has 0 spiro atoms. The highest BCUT2D eigenvalue weighted by molar-refractivity contribution is 5.87. The standard InChI is InChI=1S/C30H38O15/c1-14-23(36)24(37)25(38)30(42-14)45-28-26(39)29(41-10-9-16-4-7-20(40-2)19(34)12-16)43-21(13-31)27(28)44-22(35)8-5-15-3-6-17(32)18(33)11-15/h3-8,11-12,14,21,23-34,36-39H,9-10,13H2,1-2H3/t14-,21+,23+,24-,25-,26+,27-,28+,29-,30-/m1/s1. The second kappa shape index (κ2) is 15.2. The van der Waals surface area contributed by atoms with Gasteiger partial charge in [-0.25, -0.2) is 4.79 Å². The summed E-state index contributed by atoms with van der Waals surface area (Å²) in [6.45, 7) is 0.674. The third kappa shape index (κ3) is 8.21. The first-order valence-electron chi connectivity index (χ1n) is 14.1. The summed E-state index contributed by atoms with van der Waals surface area (Å²) >= 11 is 0. The molecule has 4 rings (SSSR count). The molecule has 2 aliphatic rings. The van der Waals surface area contributed by atoms with E-state index in [9.17, 15) is 45.6 Å². The van der Waals surface area contributed by atoms with Crippen molar-refractivity contribution in [1.82, 2.24) is 0 Å². The van der Waals surface area contributed by atoms with Crippen LogP contribution in [0.2, 0.25) is 0 Å². The molecule has 15 nitrogen and oxygen atoms in total. The molecule has 8 N–H and O–H groups in total. The molecular weight excluding hydrogens is 600 g/mol. The Morgan fingerprint density at radius 3 is 2.29 bits per heavy atom. The summed E-state index contributed by atoms with van der Waals surface area (Å²) in [5.74, 6) is -1.53. The van der Waals surface area contributed by atoms with Crippen LogP contribution in [0.15, 0.2) is 42.5 Å².